The van der Waals surface area contributed by atoms with E-state index >= 15 is 0 Å². The first kappa shape index (κ1) is 16.9. The van der Waals surface area contributed by atoms with Crippen molar-refractivity contribution >= 4 is 22.4 Å². The predicted octanol–water partition coefficient (Wildman–Crippen LogP) is 2.72. The summed E-state index contributed by atoms with van der Waals surface area (Å²) in [4.78, 5) is 25.3. The second-order valence-corrected chi connectivity index (χ2v) is 6.05. The van der Waals surface area contributed by atoms with Crippen molar-refractivity contribution in [2.24, 2.45) is 0 Å². The summed E-state index contributed by atoms with van der Waals surface area (Å²) in [6.45, 7) is 3.58. The number of aliphatic hydroxyl groups excluding tert-OH is 1. The highest BCUT2D eigenvalue weighted by Crippen LogP contribution is 2.17. The maximum atomic E-state index is 12.8. The number of fused-ring (bicyclic) bond motifs is 1. The van der Waals surface area contributed by atoms with Crippen LogP contribution in [-0.2, 0) is 6.61 Å². The van der Waals surface area contributed by atoms with Crippen molar-refractivity contribution in [3.63, 3.8) is 0 Å². The zero-order valence-corrected chi connectivity index (χ0v) is 14.1. The van der Waals surface area contributed by atoms with Crippen LogP contribution in [0.25, 0.3) is 10.8 Å². The molecule has 1 aromatic heterocycles. The number of nitrogens with zero attached hydrogens (tertiary/aromatic N) is 2. The summed E-state index contributed by atoms with van der Waals surface area (Å²) < 4.78 is 1.32. The molecule has 3 aromatic rings. The molecule has 0 aliphatic heterocycles. The highest BCUT2D eigenvalue weighted by Gasteiger charge is 2.18. The molecule has 0 unspecified atom stereocenters. The van der Waals surface area contributed by atoms with E-state index in [-0.39, 0.29) is 23.9 Å². The maximum absolute atomic E-state index is 12.8. The van der Waals surface area contributed by atoms with Crippen molar-refractivity contribution in [1.82, 2.24) is 9.78 Å². The number of anilines is 1. The van der Waals surface area contributed by atoms with Gasteiger partial charge in [0.2, 0.25) is 0 Å². The van der Waals surface area contributed by atoms with Crippen molar-refractivity contribution in [3.8, 4) is 0 Å². The van der Waals surface area contributed by atoms with Gasteiger partial charge in [-0.1, -0.05) is 30.3 Å². The third kappa shape index (κ3) is 3.29. The number of nitrogens with one attached hydrogen (secondary N) is 1. The Morgan fingerprint density at radius 2 is 1.88 bits per heavy atom. The van der Waals surface area contributed by atoms with Gasteiger partial charge in [0.1, 0.15) is 0 Å². The standard InChI is InChI=1S/C19H19N3O3/c1-12(2)22-19(25)16-9-4-3-8-15(16)17(21-22)18(24)20-14-7-5-6-13(10-14)11-23/h3-10,12,23H,11H2,1-2H3,(H,20,24). The second-order valence-electron chi connectivity index (χ2n) is 6.05. The second kappa shape index (κ2) is 6.86. The third-order valence-corrected chi connectivity index (χ3v) is 3.90. The van der Waals surface area contributed by atoms with Crippen LogP contribution in [-0.4, -0.2) is 20.8 Å². The molecular weight excluding hydrogens is 318 g/mol. The largest absolute Gasteiger partial charge is 0.392 e. The van der Waals surface area contributed by atoms with E-state index in [0.717, 1.165) is 0 Å². The number of carbonyl (C=O) groups excluding carboxylic acids is 1. The molecule has 1 amide bonds. The van der Waals surface area contributed by atoms with Gasteiger partial charge in [0.05, 0.1) is 18.0 Å². The van der Waals surface area contributed by atoms with Crippen LogP contribution in [0.1, 0.15) is 35.9 Å². The van der Waals surface area contributed by atoms with E-state index in [2.05, 4.69) is 10.4 Å². The monoisotopic (exact) mass is 337 g/mol. The molecule has 0 atom stereocenters. The van der Waals surface area contributed by atoms with Gasteiger partial charge < -0.3 is 10.4 Å². The first-order chi connectivity index (χ1) is 12.0. The highest BCUT2D eigenvalue weighted by atomic mass is 16.3. The summed E-state index contributed by atoms with van der Waals surface area (Å²) in [5.74, 6) is -0.402. The van der Waals surface area contributed by atoms with Gasteiger partial charge in [0.15, 0.2) is 5.69 Å². The molecule has 0 aliphatic rings. The van der Waals surface area contributed by atoms with E-state index in [1.807, 2.05) is 13.8 Å². The predicted molar refractivity (Wildman–Crippen MR) is 96.7 cm³/mol. The molecule has 0 fully saturated rings. The SMILES string of the molecule is CC(C)n1nc(C(=O)Nc2cccc(CO)c2)c2ccccc2c1=O. The lowest BCUT2D eigenvalue weighted by Gasteiger charge is -2.13. The Balaban J connectivity index is 2.09. The van der Waals surface area contributed by atoms with Crippen molar-refractivity contribution in [3.05, 3.63) is 70.1 Å². The highest BCUT2D eigenvalue weighted by molar-refractivity contribution is 6.11. The molecule has 0 aliphatic carbocycles. The van der Waals surface area contributed by atoms with Gasteiger partial charge in [0.25, 0.3) is 11.5 Å². The van der Waals surface area contributed by atoms with Gasteiger partial charge in [-0.2, -0.15) is 5.10 Å². The molecule has 6 heteroatoms. The number of rotatable bonds is 4. The minimum absolute atomic E-state index is 0.108. The molecule has 2 N–H and O–H groups in total. The Hall–Kier alpha value is -2.99. The average molecular weight is 337 g/mol. The summed E-state index contributed by atoms with van der Waals surface area (Å²) in [5, 5.41) is 17.3. The summed E-state index contributed by atoms with van der Waals surface area (Å²) in [5.41, 5.74) is 1.23. The van der Waals surface area contributed by atoms with E-state index < -0.39 is 5.91 Å². The summed E-state index contributed by atoms with van der Waals surface area (Å²) in [6.07, 6.45) is 0. The summed E-state index contributed by atoms with van der Waals surface area (Å²) in [6, 6.07) is 13.7. The van der Waals surface area contributed by atoms with E-state index in [1.54, 1.807) is 48.5 Å². The average Bonchev–Trinajstić information content (AvgIpc) is 2.62. The normalized spacial score (nSPS) is 11.0. The molecular formula is C19H19N3O3. The fourth-order valence-electron chi connectivity index (χ4n) is 2.66. The van der Waals surface area contributed by atoms with Crippen molar-refractivity contribution in [2.45, 2.75) is 26.5 Å². The van der Waals surface area contributed by atoms with Crippen LogP contribution >= 0.6 is 0 Å². The molecule has 0 spiro atoms. The van der Waals surface area contributed by atoms with Gasteiger partial charge in [-0.15, -0.1) is 0 Å². The molecule has 3 rings (SSSR count). The van der Waals surface area contributed by atoms with Crippen molar-refractivity contribution in [2.75, 3.05) is 5.32 Å². The van der Waals surface area contributed by atoms with E-state index in [1.165, 1.54) is 4.68 Å². The first-order valence-corrected chi connectivity index (χ1v) is 8.04. The molecule has 0 radical (unpaired) electrons. The molecule has 1 heterocycles. The zero-order valence-electron chi connectivity index (χ0n) is 14.1. The number of aliphatic hydroxyl groups is 1. The fraction of sp³-hybridized carbons (Fsp3) is 0.211. The number of benzene rings is 2. The molecule has 0 bridgehead atoms. The van der Waals surface area contributed by atoms with Crippen LogP contribution < -0.4 is 10.9 Å². The summed E-state index contributed by atoms with van der Waals surface area (Å²) in [7, 11) is 0. The van der Waals surface area contributed by atoms with Gasteiger partial charge in [0, 0.05) is 11.1 Å². The van der Waals surface area contributed by atoms with Crippen LogP contribution in [0, 0.1) is 0 Å². The third-order valence-electron chi connectivity index (χ3n) is 3.90. The Labute approximate surface area is 144 Å². The lowest BCUT2D eigenvalue weighted by molar-refractivity contribution is 0.102. The number of carbonyl (C=O) groups is 1. The topological polar surface area (TPSA) is 84.2 Å². The molecule has 0 saturated carbocycles. The number of aromatic nitrogens is 2. The Morgan fingerprint density at radius 3 is 2.56 bits per heavy atom. The quantitative estimate of drug-likeness (QED) is 0.767. The number of hydrogen-bond donors (Lipinski definition) is 2. The van der Waals surface area contributed by atoms with Crippen molar-refractivity contribution in [1.29, 1.82) is 0 Å². The fourth-order valence-corrected chi connectivity index (χ4v) is 2.66. The van der Waals surface area contributed by atoms with Crippen LogP contribution in [0.5, 0.6) is 0 Å². The van der Waals surface area contributed by atoms with Gasteiger partial charge in [-0.25, -0.2) is 4.68 Å². The Kier molecular flexibility index (Phi) is 4.63. The molecule has 25 heavy (non-hydrogen) atoms. The minimum Gasteiger partial charge on any atom is -0.392 e. The zero-order chi connectivity index (χ0) is 18.0. The van der Waals surface area contributed by atoms with Crippen LogP contribution in [0.2, 0.25) is 0 Å². The van der Waals surface area contributed by atoms with Crippen LogP contribution in [0.15, 0.2) is 53.3 Å². The van der Waals surface area contributed by atoms with Crippen LogP contribution in [0.4, 0.5) is 5.69 Å². The first-order valence-electron chi connectivity index (χ1n) is 8.04. The number of hydrogen-bond acceptors (Lipinski definition) is 4. The molecule has 6 nitrogen and oxygen atoms in total. The van der Waals surface area contributed by atoms with Crippen LogP contribution in [0.3, 0.4) is 0 Å². The molecule has 0 saturated heterocycles. The molecule has 2 aromatic carbocycles. The number of amides is 1. The van der Waals surface area contributed by atoms with E-state index in [9.17, 15) is 14.7 Å². The van der Waals surface area contributed by atoms with E-state index in [4.69, 9.17) is 0 Å². The smallest absolute Gasteiger partial charge is 0.276 e. The Morgan fingerprint density at radius 1 is 1.16 bits per heavy atom. The minimum atomic E-state index is -0.402. The van der Waals surface area contributed by atoms with Gasteiger partial charge >= 0.3 is 0 Å². The lowest BCUT2D eigenvalue weighted by Crippen LogP contribution is -2.28. The summed E-state index contributed by atoms with van der Waals surface area (Å²) >= 11 is 0. The maximum Gasteiger partial charge on any atom is 0.276 e. The molecule has 128 valence electrons. The van der Waals surface area contributed by atoms with Gasteiger partial charge in [-0.3, -0.25) is 9.59 Å². The van der Waals surface area contributed by atoms with E-state index in [0.29, 0.717) is 22.0 Å². The van der Waals surface area contributed by atoms with Crippen molar-refractivity contribution < 1.29 is 9.90 Å². The van der Waals surface area contributed by atoms with Gasteiger partial charge in [-0.05, 0) is 37.6 Å². The lowest BCUT2D eigenvalue weighted by atomic mass is 10.1. The Bertz CT molecular complexity index is 993.